The van der Waals surface area contributed by atoms with Gasteiger partial charge in [0.15, 0.2) is 5.65 Å². The summed E-state index contributed by atoms with van der Waals surface area (Å²) in [4.78, 5) is 4.16. The molecule has 0 aliphatic carbocycles. The van der Waals surface area contributed by atoms with E-state index in [1.807, 2.05) is 6.07 Å². The van der Waals surface area contributed by atoms with E-state index in [2.05, 4.69) is 31.1 Å². The van der Waals surface area contributed by atoms with Crippen molar-refractivity contribution in [3.05, 3.63) is 40.8 Å². The number of benzene rings is 1. The molecule has 0 amide bonds. The van der Waals surface area contributed by atoms with Gasteiger partial charge >= 0.3 is 0 Å². The lowest BCUT2D eigenvalue weighted by Gasteiger charge is -2.01. The molecule has 3 aromatic rings. The van der Waals surface area contributed by atoms with Crippen LogP contribution in [-0.4, -0.2) is 15.2 Å². The van der Waals surface area contributed by atoms with Gasteiger partial charge in [0, 0.05) is 27.3 Å². The van der Waals surface area contributed by atoms with Crippen LogP contribution in [0.15, 0.2) is 34.9 Å². The monoisotopic (exact) mass is 306 g/mol. The quantitative estimate of drug-likeness (QED) is 0.679. The summed E-state index contributed by atoms with van der Waals surface area (Å²) in [6.07, 6.45) is 1.66. The summed E-state index contributed by atoms with van der Waals surface area (Å²) < 4.78 is 14.7. The Morgan fingerprint density at radius 2 is 2.11 bits per heavy atom. The Morgan fingerprint density at radius 3 is 2.89 bits per heavy atom. The van der Waals surface area contributed by atoms with Gasteiger partial charge in [-0.25, -0.2) is 9.37 Å². The molecule has 0 spiro atoms. The van der Waals surface area contributed by atoms with E-state index in [-0.39, 0.29) is 0 Å². The SMILES string of the molecule is Nc1ccc(-c2n[nH]c3ncc(Br)cc23)c(F)c1. The Kier molecular flexibility index (Phi) is 2.52. The first-order valence-corrected chi connectivity index (χ1v) is 5.99. The van der Waals surface area contributed by atoms with E-state index in [4.69, 9.17) is 5.73 Å². The largest absolute Gasteiger partial charge is 0.399 e. The number of halogens is 2. The number of aromatic nitrogens is 3. The van der Waals surface area contributed by atoms with Crippen LogP contribution in [0.4, 0.5) is 10.1 Å². The number of H-pyrrole nitrogens is 1. The predicted molar refractivity (Wildman–Crippen MR) is 71.4 cm³/mol. The van der Waals surface area contributed by atoms with Crippen molar-refractivity contribution in [2.24, 2.45) is 0 Å². The predicted octanol–water partition coefficient (Wildman–Crippen LogP) is 3.11. The van der Waals surface area contributed by atoms with Crippen LogP contribution in [0.3, 0.4) is 0 Å². The van der Waals surface area contributed by atoms with Gasteiger partial charge in [0.25, 0.3) is 0 Å². The van der Waals surface area contributed by atoms with Crippen molar-refractivity contribution < 1.29 is 4.39 Å². The van der Waals surface area contributed by atoms with Gasteiger partial charge in [0.2, 0.25) is 0 Å². The smallest absolute Gasteiger partial charge is 0.155 e. The molecule has 0 saturated heterocycles. The first kappa shape index (κ1) is 11.2. The highest BCUT2D eigenvalue weighted by molar-refractivity contribution is 9.10. The second-order valence-corrected chi connectivity index (χ2v) is 4.78. The highest BCUT2D eigenvalue weighted by Crippen LogP contribution is 2.29. The molecule has 4 nitrogen and oxygen atoms in total. The molecule has 0 atom stereocenters. The highest BCUT2D eigenvalue weighted by atomic mass is 79.9. The molecule has 0 unspecified atom stereocenters. The zero-order chi connectivity index (χ0) is 12.7. The number of nitrogens with zero attached hydrogens (tertiary/aromatic N) is 2. The number of nitrogens with two attached hydrogens (primary N) is 1. The lowest BCUT2D eigenvalue weighted by atomic mass is 10.1. The maximum absolute atomic E-state index is 13.9. The topological polar surface area (TPSA) is 67.6 Å². The second-order valence-electron chi connectivity index (χ2n) is 3.86. The number of hydrogen-bond acceptors (Lipinski definition) is 3. The minimum absolute atomic E-state index is 0.385. The van der Waals surface area contributed by atoms with E-state index in [0.29, 0.717) is 22.6 Å². The van der Waals surface area contributed by atoms with E-state index in [9.17, 15) is 4.39 Å². The fourth-order valence-corrected chi connectivity index (χ4v) is 2.14. The molecule has 3 N–H and O–H groups in total. The van der Waals surface area contributed by atoms with Crippen LogP contribution in [0, 0.1) is 5.82 Å². The molecule has 0 saturated carbocycles. The second kappa shape index (κ2) is 4.06. The van der Waals surface area contributed by atoms with Crippen LogP contribution in [0.5, 0.6) is 0 Å². The van der Waals surface area contributed by atoms with Gasteiger partial charge in [0.1, 0.15) is 11.5 Å². The molecular formula is C12H8BrFN4. The maximum atomic E-state index is 13.9. The molecule has 1 aromatic carbocycles. The molecule has 2 aromatic heterocycles. The zero-order valence-corrected chi connectivity index (χ0v) is 10.7. The molecule has 0 aliphatic rings. The number of aromatic amines is 1. The Bertz CT molecular complexity index is 738. The van der Waals surface area contributed by atoms with Gasteiger partial charge in [-0.2, -0.15) is 5.10 Å². The normalized spacial score (nSPS) is 11.0. The zero-order valence-electron chi connectivity index (χ0n) is 9.11. The van der Waals surface area contributed by atoms with E-state index in [0.717, 1.165) is 9.86 Å². The first-order chi connectivity index (χ1) is 8.65. The summed E-state index contributed by atoms with van der Waals surface area (Å²) in [5.74, 6) is -0.400. The molecule has 0 radical (unpaired) electrons. The number of rotatable bonds is 1. The van der Waals surface area contributed by atoms with Gasteiger partial charge in [-0.1, -0.05) is 0 Å². The number of anilines is 1. The molecule has 6 heteroatoms. The summed E-state index contributed by atoms with van der Waals surface area (Å²) in [5.41, 5.74) is 7.45. The van der Waals surface area contributed by atoms with Gasteiger partial charge in [0.05, 0.1) is 0 Å². The van der Waals surface area contributed by atoms with Crippen molar-refractivity contribution >= 4 is 32.7 Å². The van der Waals surface area contributed by atoms with Crippen molar-refractivity contribution in [3.8, 4) is 11.3 Å². The Balaban J connectivity index is 2.28. The molecular weight excluding hydrogens is 299 g/mol. The third-order valence-corrected chi connectivity index (χ3v) is 3.06. The molecule has 90 valence electrons. The van der Waals surface area contributed by atoms with Crippen LogP contribution < -0.4 is 5.73 Å². The summed E-state index contributed by atoms with van der Waals surface area (Å²) >= 11 is 3.34. The Labute approximate surface area is 110 Å². The van der Waals surface area contributed by atoms with Crippen LogP contribution in [-0.2, 0) is 0 Å². The molecule has 0 aliphatic heterocycles. The van der Waals surface area contributed by atoms with Crippen LogP contribution >= 0.6 is 15.9 Å². The lowest BCUT2D eigenvalue weighted by Crippen LogP contribution is -1.90. The van der Waals surface area contributed by atoms with Crippen molar-refractivity contribution in [1.82, 2.24) is 15.2 Å². The fraction of sp³-hybridized carbons (Fsp3) is 0. The van der Waals surface area contributed by atoms with E-state index in [1.54, 1.807) is 18.3 Å². The Hall–Kier alpha value is -1.95. The highest BCUT2D eigenvalue weighted by Gasteiger charge is 2.13. The van der Waals surface area contributed by atoms with Gasteiger partial charge in [-0.15, -0.1) is 0 Å². The standard InChI is InChI=1S/C12H8BrFN4/c13-6-3-9-11(17-18-12(9)16-5-6)8-2-1-7(15)4-10(8)14/h1-5H,15H2,(H,16,17,18). The molecule has 0 bridgehead atoms. The summed E-state index contributed by atoms with van der Waals surface area (Å²) in [6.45, 7) is 0. The average molecular weight is 307 g/mol. The average Bonchev–Trinajstić information content (AvgIpc) is 2.72. The van der Waals surface area contributed by atoms with E-state index < -0.39 is 5.82 Å². The van der Waals surface area contributed by atoms with E-state index in [1.165, 1.54) is 6.07 Å². The molecule has 0 fully saturated rings. The minimum Gasteiger partial charge on any atom is -0.399 e. The summed E-state index contributed by atoms with van der Waals surface area (Å²) in [7, 11) is 0. The maximum Gasteiger partial charge on any atom is 0.155 e. The van der Waals surface area contributed by atoms with Gasteiger partial charge < -0.3 is 5.73 Å². The first-order valence-electron chi connectivity index (χ1n) is 5.20. The fourth-order valence-electron chi connectivity index (χ4n) is 1.81. The summed E-state index contributed by atoms with van der Waals surface area (Å²) in [5, 5.41) is 7.64. The number of nitrogen functional groups attached to an aromatic ring is 1. The summed E-state index contributed by atoms with van der Waals surface area (Å²) in [6, 6.07) is 6.38. The van der Waals surface area contributed by atoms with Gasteiger partial charge in [-0.05, 0) is 40.2 Å². The van der Waals surface area contributed by atoms with Crippen molar-refractivity contribution in [2.75, 3.05) is 5.73 Å². The van der Waals surface area contributed by atoms with Crippen LogP contribution in [0.1, 0.15) is 0 Å². The number of fused-ring (bicyclic) bond motifs is 1. The molecule has 18 heavy (non-hydrogen) atoms. The van der Waals surface area contributed by atoms with Crippen molar-refractivity contribution in [3.63, 3.8) is 0 Å². The molecule has 3 rings (SSSR count). The van der Waals surface area contributed by atoms with Gasteiger partial charge in [-0.3, -0.25) is 5.10 Å². The molecule has 2 heterocycles. The van der Waals surface area contributed by atoms with Crippen LogP contribution in [0.25, 0.3) is 22.3 Å². The number of nitrogens with one attached hydrogen (secondary N) is 1. The lowest BCUT2D eigenvalue weighted by molar-refractivity contribution is 0.631. The van der Waals surface area contributed by atoms with Crippen LogP contribution in [0.2, 0.25) is 0 Å². The van der Waals surface area contributed by atoms with Crippen molar-refractivity contribution in [1.29, 1.82) is 0 Å². The third-order valence-electron chi connectivity index (χ3n) is 2.63. The minimum atomic E-state index is -0.400. The van der Waals surface area contributed by atoms with Crippen molar-refractivity contribution in [2.45, 2.75) is 0 Å². The number of pyridine rings is 1. The Morgan fingerprint density at radius 1 is 1.28 bits per heavy atom. The van der Waals surface area contributed by atoms with E-state index >= 15 is 0 Å². The number of hydrogen-bond donors (Lipinski definition) is 2. The third kappa shape index (κ3) is 1.74.